The van der Waals surface area contributed by atoms with E-state index in [4.69, 9.17) is 11.6 Å². The van der Waals surface area contributed by atoms with Crippen LogP contribution in [0.4, 0.5) is 5.69 Å². The van der Waals surface area contributed by atoms with Gasteiger partial charge in [0.25, 0.3) is 0 Å². The Labute approximate surface area is 213 Å². The molecular weight excluding hydrogens is 480 g/mol. The number of para-hydroxylation sites is 1. The second-order valence-corrected chi connectivity index (χ2v) is 10.9. The van der Waals surface area contributed by atoms with Crippen molar-refractivity contribution in [1.29, 1.82) is 0 Å². The first-order chi connectivity index (χ1) is 17.2. The molecule has 184 valence electrons. The molecule has 0 spiro atoms. The van der Waals surface area contributed by atoms with E-state index in [9.17, 15) is 24.3 Å². The van der Waals surface area contributed by atoms with Gasteiger partial charge in [-0.25, -0.2) is 4.90 Å². The number of fused-ring (bicyclic) bond motifs is 4. The summed E-state index contributed by atoms with van der Waals surface area (Å²) in [4.78, 5) is 56.5. The van der Waals surface area contributed by atoms with Gasteiger partial charge in [-0.3, -0.25) is 24.1 Å². The molecule has 6 unspecified atom stereocenters. The molecule has 2 aromatic rings. The van der Waals surface area contributed by atoms with Crippen LogP contribution in [0.25, 0.3) is 0 Å². The number of rotatable bonds is 2. The number of amides is 4. The Morgan fingerprint density at radius 2 is 1.69 bits per heavy atom. The number of benzene rings is 2. The highest BCUT2D eigenvalue weighted by molar-refractivity contribution is 6.30. The lowest BCUT2D eigenvalue weighted by atomic mass is 9.51. The number of halogens is 1. The molecule has 2 aromatic carbocycles. The number of likely N-dealkylation sites (tertiary alicyclic amines) is 1. The molecule has 2 aliphatic carbocycles. The van der Waals surface area contributed by atoms with E-state index in [1.807, 2.05) is 12.1 Å². The van der Waals surface area contributed by atoms with Crippen molar-refractivity contribution in [3.63, 3.8) is 0 Å². The fraction of sp³-hybridized carbons (Fsp3) is 0.357. The SMILES string of the molecule is CN1C(=O)C2CC=C3C(CC4C(=O)N(c5ccccc5)C(=O)C4(C)C3c3cc(Cl)ccc3O)C2C1=O. The summed E-state index contributed by atoms with van der Waals surface area (Å²) in [5.74, 6) is -4.06. The molecule has 8 heteroatoms. The number of carbonyl (C=O) groups is 4. The number of anilines is 1. The molecule has 2 saturated heterocycles. The van der Waals surface area contributed by atoms with Gasteiger partial charge in [-0.15, -0.1) is 0 Å². The lowest BCUT2D eigenvalue weighted by molar-refractivity contribution is -0.138. The highest BCUT2D eigenvalue weighted by Gasteiger charge is 2.67. The summed E-state index contributed by atoms with van der Waals surface area (Å²) in [6.07, 6.45) is 2.60. The van der Waals surface area contributed by atoms with Crippen LogP contribution in [0.2, 0.25) is 5.02 Å². The summed E-state index contributed by atoms with van der Waals surface area (Å²) in [5.41, 5.74) is 0.548. The number of hydrogen-bond acceptors (Lipinski definition) is 5. The molecular formula is C28H25ClN2O5. The molecule has 1 saturated carbocycles. The third-order valence-electron chi connectivity index (χ3n) is 8.81. The molecule has 3 fully saturated rings. The number of aromatic hydroxyl groups is 1. The Balaban J connectivity index is 1.57. The fourth-order valence-corrected chi connectivity index (χ4v) is 7.28. The van der Waals surface area contributed by atoms with Crippen LogP contribution in [0, 0.1) is 29.1 Å². The minimum absolute atomic E-state index is 0.0302. The van der Waals surface area contributed by atoms with Gasteiger partial charge in [-0.1, -0.05) is 41.4 Å². The average molecular weight is 505 g/mol. The van der Waals surface area contributed by atoms with Crippen LogP contribution in [0.5, 0.6) is 5.75 Å². The number of hydrogen-bond donors (Lipinski definition) is 1. The van der Waals surface area contributed by atoms with E-state index in [1.165, 1.54) is 22.9 Å². The van der Waals surface area contributed by atoms with Crippen LogP contribution >= 0.6 is 11.6 Å². The summed E-state index contributed by atoms with van der Waals surface area (Å²) in [5, 5.41) is 11.3. The van der Waals surface area contributed by atoms with Crippen molar-refractivity contribution in [2.75, 3.05) is 11.9 Å². The quantitative estimate of drug-likeness (QED) is 0.494. The van der Waals surface area contributed by atoms with Crippen molar-refractivity contribution < 1.29 is 24.3 Å². The Hall–Kier alpha value is -3.45. The molecule has 36 heavy (non-hydrogen) atoms. The van der Waals surface area contributed by atoms with Crippen molar-refractivity contribution >= 4 is 40.9 Å². The minimum atomic E-state index is -1.21. The van der Waals surface area contributed by atoms with E-state index in [0.717, 1.165) is 5.57 Å². The molecule has 6 atom stereocenters. The monoisotopic (exact) mass is 504 g/mol. The zero-order valence-corrected chi connectivity index (χ0v) is 20.6. The van der Waals surface area contributed by atoms with E-state index < -0.39 is 35.0 Å². The molecule has 1 N–H and O–H groups in total. The molecule has 0 radical (unpaired) electrons. The molecule has 4 aliphatic rings. The van der Waals surface area contributed by atoms with Crippen molar-refractivity contribution in [2.24, 2.45) is 29.1 Å². The maximum absolute atomic E-state index is 14.2. The van der Waals surface area contributed by atoms with Gasteiger partial charge in [0.15, 0.2) is 0 Å². The second-order valence-electron chi connectivity index (χ2n) is 10.4. The summed E-state index contributed by atoms with van der Waals surface area (Å²) in [6.45, 7) is 1.78. The van der Waals surface area contributed by atoms with Crippen LogP contribution in [-0.2, 0) is 19.2 Å². The van der Waals surface area contributed by atoms with E-state index in [0.29, 0.717) is 22.7 Å². The first kappa shape index (κ1) is 23.0. The van der Waals surface area contributed by atoms with Gasteiger partial charge >= 0.3 is 0 Å². The van der Waals surface area contributed by atoms with Gasteiger partial charge in [-0.2, -0.15) is 0 Å². The van der Waals surface area contributed by atoms with Crippen molar-refractivity contribution in [2.45, 2.75) is 25.7 Å². The number of phenols is 1. The molecule has 7 nitrogen and oxygen atoms in total. The number of carbonyl (C=O) groups excluding carboxylic acids is 4. The van der Waals surface area contributed by atoms with Gasteiger partial charge in [0.2, 0.25) is 23.6 Å². The van der Waals surface area contributed by atoms with Crippen LogP contribution in [0.3, 0.4) is 0 Å². The highest BCUT2D eigenvalue weighted by Crippen LogP contribution is 2.64. The molecule has 2 heterocycles. The van der Waals surface area contributed by atoms with Gasteiger partial charge in [-0.05, 0) is 56.0 Å². The fourth-order valence-electron chi connectivity index (χ4n) is 7.10. The summed E-state index contributed by atoms with van der Waals surface area (Å²) in [6, 6.07) is 13.5. The smallest absolute Gasteiger partial charge is 0.241 e. The number of phenolic OH excluding ortho intramolecular Hbond substituents is 1. The summed E-state index contributed by atoms with van der Waals surface area (Å²) >= 11 is 6.34. The maximum atomic E-state index is 14.2. The Kier molecular flexibility index (Phi) is 4.96. The van der Waals surface area contributed by atoms with Crippen molar-refractivity contribution in [3.05, 3.63) is 70.8 Å². The normalized spacial score (nSPS) is 33.4. The highest BCUT2D eigenvalue weighted by atomic mass is 35.5. The number of imide groups is 2. The minimum Gasteiger partial charge on any atom is -0.508 e. The zero-order valence-electron chi connectivity index (χ0n) is 19.8. The van der Waals surface area contributed by atoms with Crippen molar-refractivity contribution in [3.8, 4) is 5.75 Å². The van der Waals surface area contributed by atoms with E-state index in [2.05, 4.69) is 0 Å². The van der Waals surface area contributed by atoms with Crippen LogP contribution in [-0.4, -0.2) is 40.7 Å². The summed E-state index contributed by atoms with van der Waals surface area (Å²) in [7, 11) is 1.50. The van der Waals surface area contributed by atoms with Gasteiger partial charge in [0, 0.05) is 23.6 Å². The van der Waals surface area contributed by atoms with Gasteiger partial charge in [0.1, 0.15) is 5.75 Å². The largest absolute Gasteiger partial charge is 0.508 e. The zero-order chi connectivity index (χ0) is 25.5. The van der Waals surface area contributed by atoms with E-state index in [1.54, 1.807) is 43.3 Å². The second kappa shape index (κ2) is 7.77. The lowest BCUT2D eigenvalue weighted by Gasteiger charge is -2.49. The van der Waals surface area contributed by atoms with Gasteiger partial charge < -0.3 is 5.11 Å². The Morgan fingerprint density at radius 1 is 0.972 bits per heavy atom. The van der Waals surface area contributed by atoms with Gasteiger partial charge in [0.05, 0.1) is 28.9 Å². The first-order valence-corrected chi connectivity index (χ1v) is 12.5. The van der Waals surface area contributed by atoms with Crippen LogP contribution in [0.15, 0.2) is 60.2 Å². The third kappa shape index (κ3) is 2.86. The maximum Gasteiger partial charge on any atom is 0.241 e. The topological polar surface area (TPSA) is 95.0 Å². The standard InChI is InChI=1S/C28H25ClN2O5/c1-28-20(25(34)31(27(28)36)15-6-4-3-5-7-15)13-18-16(23(28)19-12-14(29)8-11-21(19)32)9-10-17-22(18)26(35)30(2)24(17)33/h3-9,11-12,17-18,20,22-23,32H,10,13H2,1-2H3. The first-order valence-electron chi connectivity index (χ1n) is 12.1. The molecule has 2 aliphatic heterocycles. The Morgan fingerprint density at radius 3 is 2.42 bits per heavy atom. The predicted molar refractivity (Wildman–Crippen MR) is 132 cm³/mol. The third-order valence-corrected chi connectivity index (χ3v) is 9.05. The molecule has 6 rings (SSSR count). The predicted octanol–water partition coefficient (Wildman–Crippen LogP) is 3.91. The van der Waals surface area contributed by atoms with Crippen molar-refractivity contribution in [1.82, 2.24) is 4.90 Å². The van der Waals surface area contributed by atoms with Crippen LogP contribution < -0.4 is 4.90 Å². The molecule has 4 amide bonds. The number of nitrogens with zero attached hydrogens (tertiary/aromatic N) is 2. The lowest BCUT2D eigenvalue weighted by Crippen LogP contribution is -2.48. The van der Waals surface area contributed by atoms with E-state index in [-0.39, 0.29) is 35.8 Å². The van der Waals surface area contributed by atoms with E-state index >= 15 is 0 Å². The number of allylic oxidation sites excluding steroid dienone is 2. The molecule has 0 bridgehead atoms. The Bertz CT molecular complexity index is 1370. The average Bonchev–Trinajstić information content (AvgIpc) is 3.21. The van der Waals surface area contributed by atoms with Crippen LogP contribution in [0.1, 0.15) is 31.2 Å². The molecule has 0 aromatic heterocycles. The summed E-state index contributed by atoms with van der Waals surface area (Å²) < 4.78 is 0.